The average molecular weight is 172 g/mol. The van der Waals surface area contributed by atoms with Gasteiger partial charge in [0.1, 0.15) is 0 Å². The Balaban J connectivity index is 1.97. The summed E-state index contributed by atoms with van der Waals surface area (Å²) in [4.78, 5) is 12.9. The van der Waals surface area contributed by atoms with Crippen molar-refractivity contribution in [2.75, 3.05) is 27.2 Å². The highest BCUT2D eigenvalue weighted by Crippen LogP contribution is 2.24. The molecule has 70 valence electrons. The van der Waals surface area contributed by atoms with E-state index < -0.39 is 0 Å². The summed E-state index contributed by atoms with van der Waals surface area (Å²) in [5.74, 6) is 0. The Hall–Kier alpha value is -0.770. The molecule has 0 aliphatic heterocycles. The number of rotatable bonds is 4. The fraction of sp³-hybridized carbons (Fsp3) is 0.875. The summed E-state index contributed by atoms with van der Waals surface area (Å²) in [5, 5.41) is 2.64. The quantitative estimate of drug-likeness (QED) is 0.669. The molecule has 4 nitrogen and oxygen atoms in total. The number of nitrogens with one attached hydrogen (secondary N) is 1. The molecule has 1 fully saturated rings. The molecule has 0 radical (unpaired) electrons. The molecule has 0 aromatic heterocycles. The Morgan fingerprint density at radius 2 is 2.33 bits per heavy atom. The van der Waals surface area contributed by atoms with Gasteiger partial charge in [-0.25, -0.2) is 4.79 Å². The van der Waals surface area contributed by atoms with Crippen LogP contribution in [-0.4, -0.2) is 44.3 Å². The van der Waals surface area contributed by atoms with Crippen LogP contribution in [0.25, 0.3) is 0 Å². The van der Waals surface area contributed by atoms with Crippen molar-refractivity contribution in [1.29, 1.82) is 0 Å². The molecule has 0 heterocycles. The molecule has 1 aliphatic carbocycles. The molecule has 12 heavy (non-hydrogen) atoms. The number of alkyl carbamates (subject to hydrolysis) is 1. The second-order valence-corrected chi connectivity index (χ2v) is 3.13. The number of methoxy groups -OCH3 is 1. The van der Waals surface area contributed by atoms with Gasteiger partial charge in [0.15, 0.2) is 0 Å². The third-order valence-corrected chi connectivity index (χ3v) is 2.09. The second kappa shape index (κ2) is 4.30. The molecule has 0 unspecified atom stereocenters. The summed E-state index contributed by atoms with van der Waals surface area (Å²) in [6, 6.07) is 0.754. The van der Waals surface area contributed by atoms with Gasteiger partial charge in [-0.05, 0) is 19.9 Å². The first-order valence-electron chi connectivity index (χ1n) is 4.26. The topological polar surface area (TPSA) is 41.6 Å². The van der Waals surface area contributed by atoms with Crippen LogP contribution in [0.1, 0.15) is 12.8 Å². The van der Waals surface area contributed by atoms with E-state index in [1.54, 1.807) is 0 Å². The molecular weight excluding hydrogens is 156 g/mol. The number of amides is 1. The molecule has 1 N–H and O–H groups in total. The standard InChI is InChI=1S/C8H16N2O2/c1-10(7-3-4-7)6-5-9-8(11)12-2/h7H,3-6H2,1-2H3,(H,9,11). The number of nitrogens with zero attached hydrogens (tertiary/aromatic N) is 1. The zero-order valence-electron chi connectivity index (χ0n) is 7.67. The Morgan fingerprint density at radius 3 is 2.83 bits per heavy atom. The van der Waals surface area contributed by atoms with E-state index in [0.717, 1.165) is 12.6 Å². The van der Waals surface area contributed by atoms with Crippen molar-refractivity contribution < 1.29 is 9.53 Å². The zero-order valence-corrected chi connectivity index (χ0v) is 7.67. The predicted molar refractivity (Wildman–Crippen MR) is 46.1 cm³/mol. The fourth-order valence-corrected chi connectivity index (χ4v) is 1.10. The third-order valence-electron chi connectivity index (χ3n) is 2.09. The summed E-state index contributed by atoms with van der Waals surface area (Å²) >= 11 is 0. The van der Waals surface area contributed by atoms with Gasteiger partial charge in [0.25, 0.3) is 0 Å². The molecule has 4 heteroatoms. The van der Waals surface area contributed by atoms with Crippen LogP contribution in [0, 0.1) is 0 Å². The summed E-state index contributed by atoms with van der Waals surface area (Å²) in [6.07, 6.45) is 2.25. The van der Waals surface area contributed by atoms with Gasteiger partial charge in [-0.2, -0.15) is 0 Å². The van der Waals surface area contributed by atoms with Crippen LogP contribution >= 0.6 is 0 Å². The van der Waals surface area contributed by atoms with Gasteiger partial charge in [0, 0.05) is 19.1 Å². The van der Waals surface area contributed by atoms with E-state index in [9.17, 15) is 4.79 Å². The molecule has 0 saturated heterocycles. The highest BCUT2D eigenvalue weighted by atomic mass is 16.5. The Morgan fingerprint density at radius 1 is 1.67 bits per heavy atom. The lowest BCUT2D eigenvalue weighted by Gasteiger charge is -2.14. The van der Waals surface area contributed by atoms with Gasteiger partial charge in [-0.3, -0.25) is 0 Å². The molecular formula is C8H16N2O2. The Labute approximate surface area is 72.9 Å². The molecule has 0 aromatic carbocycles. The van der Waals surface area contributed by atoms with Gasteiger partial charge < -0.3 is 15.0 Å². The molecule has 1 amide bonds. The number of carbonyl (C=O) groups excluding carboxylic acids is 1. The second-order valence-electron chi connectivity index (χ2n) is 3.13. The number of likely N-dealkylation sites (N-methyl/N-ethyl adjacent to an activating group) is 1. The largest absolute Gasteiger partial charge is 0.453 e. The Kier molecular flexibility index (Phi) is 3.34. The van der Waals surface area contributed by atoms with Gasteiger partial charge >= 0.3 is 6.09 Å². The predicted octanol–water partition coefficient (Wildman–Crippen LogP) is 0.437. The lowest BCUT2D eigenvalue weighted by molar-refractivity contribution is 0.169. The van der Waals surface area contributed by atoms with Crippen LogP contribution in [0.5, 0.6) is 0 Å². The van der Waals surface area contributed by atoms with E-state index in [2.05, 4.69) is 22.0 Å². The third kappa shape index (κ3) is 3.09. The number of hydrogen-bond acceptors (Lipinski definition) is 3. The highest BCUT2D eigenvalue weighted by Gasteiger charge is 2.25. The van der Waals surface area contributed by atoms with Gasteiger partial charge in [-0.15, -0.1) is 0 Å². The summed E-state index contributed by atoms with van der Waals surface area (Å²) in [7, 11) is 3.45. The van der Waals surface area contributed by atoms with Crippen molar-refractivity contribution in [3.05, 3.63) is 0 Å². The van der Waals surface area contributed by atoms with Crippen molar-refractivity contribution in [3.63, 3.8) is 0 Å². The summed E-state index contributed by atoms with van der Waals surface area (Å²) in [6.45, 7) is 1.57. The Bertz CT molecular complexity index is 157. The van der Waals surface area contributed by atoms with Crippen LogP contribution in [0.15, 0.2) is 0 Å². The van der Waals surface area contributed by atoms with Crippen LogP contribution in [0.4, 0.5) is 4.79 Å². The van der Waals surface area contributed by atoms with Crippen molar-refractivity contribution in [1.82, 2.24) is 10.2 Å². The van der Waals surface area contributed by atoms with Crippen LogP contribution in [0.2, 0.25) is 0 Å². The minimum absolute atomic E-state index is 0.348. The van der Waals surface area contributed by atoms with Gasteiger partial charge in [-0.1, -0.05) is 0 Å². The van der Waals surface area contributed by atoms with E-state index >= 15 is 0 Å². The van der Waals surface area contributed by atoms with E-state index in [-0.39, 0.29) is 6.09 Å². The maximum atomic E-state index is 10.6. The zero-order chi connectivity index (χ0) is 8.97. The molecule has 1 aliphatic rings. The van der Waals surface area contributed by atoms with Crippen molar-refractivity contribution in [2.24, 2.45) is 0 Å². The van der Waals surface area contributed by atoms with E-state index in [4.69, 9.17) is 0 Å². The van der Waals surface area contributed by atoms with Crippen molar-refractivity contribution >= 4 is 6.09 Å². The molecule has 0 atom stereocenters. The smallest absolute Gasteiger partial charge is 0.406 e. The fourth-order valence-electron chi connectivity index (χ4n) is 1.10. The van der Waals surface area contributed by atoms with Crippen LogP contribution in [0.3, 0.4) is 0 Å². The molecule has 0 bridgehead atoms. The van der Waals surface area contributed by atoms with Crippen LogP contribution in [-0.2, 0) is 4.74 Å². The lowest BCUT2D eigenvalue weighted by atomic mass is 10.5. The molecule has 1 rings (SSSR count). The maximum absolute atomic E-state index is 10.6. The molecule has 0 spiro atoms. The van der Waals surface area contributed by atoms with Gasteiger partial charge in [0.2, 0.25) is 0 Å². The van der Waals surface area contributed by atoms with Crippen molar-refractivity contribution in [2.45, 2.75) is 18.9 Å². The number of hydrogen-bond donors (Lipinski definition) is 1. The summed E-state index contributed by atoms with van der Waals surface area (Å²) in [5.41, 5.74) is 0. The highest BCUT2D eigenvalue weighted by molar-refractivity contribution is 5.66. The van der Waals surface area contributed by atoms with E-state index in [1.807, 2.05) is 0 Å². The first kappa shape index (κ1) is 9.32. The number of ether oxygens (including phenoxy) is 1. The minimum Gasteiger partial charge on any atom is -0.453 e. The van der Waals surface area contributed by atoms with E-state index in [0.29, 0.717) is 6.54 Å². The average Bonchev–Trinajstić information content (AvgIpc) is 2.86. The first-order valence-corrected chi connectivity index (χ1v) is 4.26. The number of carbonyl (C=O) groups is 1. The first-order chi connectivity index (χ1) is 5.74. The SMILES string of the molecule is COC(=O)NCCN(C)C1CC1. The lowest BCUT2D eigenvalue weighted by Crippen LogP contribution is -2.33. The normalized spacial score (nSPS) is 16.2. The van der Waals surface area contributed by atoms with Crippen molar-refractivity contribution in [3.8, 4) is 0 Å². The van der Waals surface area contributed by atoms with E-state index in [1.165, 1.54) is 20.0 Å². The minimum atomic E-state index is -0.348. The monoisotopic (exact) mass is 172 g/mol. The van der Waals surface area contributed by atoms with Gasteiger partial charge in [0.05, 0.1) is 7.11 Å². The maximum Gasteiger partial charge on any atom is 0.406 e. The molecule has 0 aromatic rings. The summed E-state index contributed by atoms with van der Waals surface area (Å²) < 4.78 is 4.44. The van der Waals surface area contributed by atoms with Crippen LogP contribution < -0.4 is 5.32 Å². The molecule has 1 saturated carbocycles.